The highest BCUT2D eigenvalue weighted by molar-refractivity contribution is 9.10. The van der Waals surface area contributed by atoms with Gasteiger partial charge in [0.15, 0.2) is 5.78 Å². The van der Waals surface area contributed by atoms with Gasteiger partial charge in [-0.2, -0.15) is 0 Å². The summed E-state index contributed by atoms with van der Waals surface area (Å²) in [6.07, 6.45) is 3.20. The maximum absolute atomic E-state index is 13.8. The third-order valence-corrected chi connectivity index (χ3v) is 3.54. The van der Waals surface area contributed by atoms with Crippen LogP contribution in [0.25, 0.3) is 11.0 Å². The molecule has 0 fully saturated rings. The number of pyridine rings is 1. The Morgan fingerprint density at radius 2 is 2.10 bits per heavy atom. The Hall–Kier alpha value is -2.01. The summed E-state index contributed by atoms with van der Waals surface area (Å²) in [6.45, 7) is 1.82. The fraction of sp³-hybridized carbons (Fsp3) is 0.0667. The van der Waals surface area contributed by atoms with Crippen LogP contribution in [0.1, 0.15) is 21.5 Å². The lowest BCUT2D eigenvalue weighted by atomic mass is 10.0. The molecule has 0 aliphatic carbocycles. The molecule has 2 aromatic heterocycles. The van der Waals surface area contributed by atoms with Crippen LogP contribution in [-0.4, -0.2) is 15.8 Å². The Morgan fingerprint density at radius 3 is 2.90 bits per heavy atom. The van der Waals surface area contributed by atoms with Crippen molar-refractivity contribution in [3.05, 3.63) is 63.6 Å². The number of H-pyrrole nitrogens is 1. The van der Waals surface area contributed by atoms with Crippen LogP contribution in [0.5, 0.6) is 0 Å². The van der Waals surface area contributed by atoms with Crippen molar-refractivity contribution in [1.29, 1.82) is 0 Å². The molecule has 0 unspecified atom stereocenters. The fourth-order valence-corrected chi connectivity index (χ4v) is 2.46. The maximum atomic E-state index is 13.8. The van der Waals surface area contributed by atoms with Crippen LogP contribution in [0.3, 0.4) is 0 Å². The molecule has 5 heteroatoms. The second-order valence-electron chi connectivity index (χ2n) is 4.56. The number of aromatic nitrogens is 2. The van der Waals surface area contributed by atoms with E-state index >= 15 is 0 Å². The third kappa shape index (κ3) is 2.14. The molecule has 3 rings (SSSR count). The van der Waals surface area contributed by atoms with Crippen LogP contribution >= 0.6 is 15.9 Å². The number of carbonyl (C=O) groups is 1. The van der Waals surface area contributed by atoms with Crippen LogP contribution < -0.4 is 0 Å². The van der Waals surface area contributed by atoms with E-state index in [9.17, 15) is 9.18 Å². The second kappa shape index (κ2) is 4.83. The summed E-state index contributed by atoms with van der Waals surface area (Å²) >= 11 is 3.32. The third-order valence-electron chi connectivity index (χ3n) is 3.11. The first kappa shape index (κ1) is 13.0. The Labute approximate surface area is 123 Å². The number of halogens is 2. The first-order chi connectivity index (χ1) is 9.56. The van der Waals surface area contributed by atoms with Crippen molar-refractivity contribution in [2.45, 2.75) is 6.92 Å². The second-order valence-corrected chi connectivity index (χ2v) is 5.48. The molecule has 0 aliphatic heterocycles. The van der Waals surface area contributed by atoms with Gasteiger partial charge in [-0.3, -0.25) is 4.79 Å². The number of aryl methyl sites for hydroxylation is 1. The molecule has 0 saturated heterocycles. The van der Waals surface area contributed by atoms with Gasteiger partial charge in [0.1, 0.15) is 11.5 Å². The van der Waals surface area contributed by atoms with Gasteiger partial charge < -0.3 is 4.98 Å². The molecular weight excluding hydrogens is 323 g/mol. The highest BCUT2D eigenvalue weighted by Gasteiger charge is 2.18. The van der Waals surface area contributed by atoms with E-state index in [1.165, 1.54) is 6.07 Å². The summed E-state index contributed by atoms with van der Waals surface area (Å²) < 4.78 is 14.6. The van der Waals surface area contributed by atoms with Crippen molar-refractivity contribution < 1.29 is 9.18 Å². The first-order valence-corrected chi connectivity index (χ1v) is 6.79. The van der Waals surface area contributed by atoms with Gasteiger partial charge in [0, 0.05) is 27.8 Å². The average molecular weight is 333 g/mol. The van der Waals surface area contributed by atoms with Crippen molar-refractivity contribution in [1.82, 2.24) is 9.97 Å². The van der Waals surface area contributed by atoms with Gasteiger partial charge in [-0.05, 0) is 41.1 Å². The number of ketones is 1. The van der Waals surface area contributed by atoms with E-state index in [-0.39, 0.29) is 11.3 Å². The lowest BCUT2D eigenvalue weighted by Gasteiger charge is -2.03. The van der Waals surface area contributed by atoms with Crippen LogP contribution in [0.15, 0.2) is 41.1 Å². The highest BCUT2D eigenvalue weighted by Crippen LogP contribution is 2.24. The predicted octanol–water partition coefficient (Wildman–Crippen LogP) is 4.00. The molecule has 3 nitrogen and oxygen atoms in total. The highest BCUT2D eigenvalue weighted by atomic mass is 79.9. The molecule has 0 saturated carbocycles. The Bertz CT molecular complexity index is 826. The quantitative estimate of drug-likeness (QED) is 0.721. The van der Waals surface area contributed by atoms with Crippen LogP contribution in [0.4, 0.5) is 4.39 Å². The normalized spacial score (nSPS) is 10.9. The summed E-state index contributed by atoms with van der Waals surface area (Å²) in [6, 6.07) is 6.30. The summed E-state index contributed by atoms with van der Waals surface area (Å²) in [4.78, 5) is 19.6. The number of benzene rings is 1. The van der Waals surface area contributed by atoms with Crippen LogP contribution in [-0.2, 0) is 0 Å². The molecular formula is C15H10BrFN2O. The molecule has 0 radical (unpaired) electrons. The summed E-state index contributed by atoms with van der Waals surface area (Å²) in [5, 5.41) is 0.672. The van der Waals surface area contributed by atoms with Crippen molar-refractivity contribution in [2.75, 3.05) is 0 Å². The van der Waals surface area contributed by atoms with Gasteiger partial charge in [0.25, 0.3) is 0 Å². The lowest BCUT2D eigenvalue weighted by molar-refractivity contribution is 0.103. The Balaban J connectivity index is 2.17. The summed E-state index contributed by atoms with van der Waals surface area (Å²) in [5.41, 5.74) is 1.93. The zero-order valence-corrected chi connectivity index (χ0v) is 12.2. The number of hydrogen-bond acceptors (Lipinski definition) is 2. The zero-order chi connectivity index (χ0) is 14.3. The van der Waals surface area contributed by atoms with Crippen LogP contribution in [0, 0.1) is 12.7 Å². The molecule has 0 spiro atoms. The Kier molecular flexibility index (Phi) is 3.14. The molecule has 0 aliphatic rings. The summed E-state index contributed by atoms with van der Waals surface area (Å²) in [5.74, 6) is -0.866. The van der Waals surface area contributed by atoms with E-state index in [1.807, 2.05) is 6.92 Å². The minimum Gasteiger partial charge on any atom is -0.345 e. The molecule has 2 heterocycles. The standard InChI is InChI=1S/C15H10BrFN2O/c1-8-2-3-13(17)11(4-8)14(20)12-7-19-15-10(12)5-9(16)6-18-15/h2-7H,1H3,(H,18,19). The average Bonchev–Trinajstić information content (AvgIpc) is 2.83. The van der Waals surface area contributed by atoms with E-state index in [0.717, 1.165) is 10.0 Å². The molecule has 3 aromatic rings. The van der Waals surface area contributed by atoms with Gasteiger partial charge in [0.05, 0.1) is 5.56 Å². The van der Waals surface area contributed by atoms with Crippen molar-refractivity contribution in [2.24, 2.45) is 0 Å². The predicted molar refractivity (Wildman–Crippen MR) is 78.4 cm³/mol. The van der Waals surface area contributed by atoms with E-state index in [4.69, 9.17) is 0 Å². The largest absolute Gasteiger partial charge is 0.345 e. The van der Waals surface area contributed by atoms with Gasteiger partial charge in [-0.1, -0.05) is 11.6 Å². The number of nitrogens with zero attached hydrogens (tertiary/aromatic N) is 1. The lowest BCUT2D eigenvalue weighted by Crippen LogP contribution is -2.04. The summed E-state index contributed by atoms with van der Waals surface area (Å²) in [7, 11) is 0. The number of carbonyl (C=O) groups excluding carboxylic acids is 1. The SMILES string of the molecule is Cc1ccc(F)c(C(=O)c2c[nH]c3ncc(Br)cc23)c1. The fourth-order valence-electron chi connectivity index (χ4n) is 2.12. The molecule has 1 aromatic carbocycles. The molecule has 20 heavy (non-hydrogen) atoms. The molecule has 0 atom stereocenters. The maximum Gasteiger partial charge on any atom is 0.198 e. The Morgan fingerprint density at radius 1 is 1.30 bits per heavy atom. The zero-order valence-electron chi connectivity index (χ0n) is 10.6. The monoisotopic (exact) mass is 332 g/mol. The number of fused-ring (bicyclic) bond motifs is 1. The van der Waals surface area contributed by atoms with Gasteiger partial charge in [-0.25, -0.2) is 9.37 Å². The molecule has 100 valence electrons. The number of aromatic amines is 1. The van der Waals surface area contributed by atoms with Crippen molar-refractivity contribution in [3.8, 4) is 0 Å². The molecule has 0 bridgehead atoms. The number of nitrogens with one attached hydrogen (secondary N) is 1. The number of hydrogen-bond donors (Lipinski definition) is 1. The molecule has 0 amide bonds. The van der Waals surface area contributed by atoms with Crippen LogP contribution in [0.2, 0.25) is 0 Å². The van der Waals surface area contributed by atoms with E-state index in [0.29, 0.717) is 16.6 Å². The van der Waals surface area contributed by atoms with Gasteiger partial charge in [0.2, 0.25) is 0 Å². The van der Waals surface area contributed by atoms with Gasteiger partial charge >= 0.3 is 0 Å². The minimum absolute atomic E-state index is 0.0749. The topological polar surface area (TPSA) is 45.8 Å². The van der Waals surface area contributed by atoms with E-state index < -0.39 is 5.82 Å². The first-order valence-electron chi connectivity index (χ1n) is 6.00. The minimum atomic E-state index is -0.516. The van der Waals surface area contributed by atoms with Crippen molar-refractivity contribution >= 4 is 32.7 Å². The van der Waals surface area contributed by atoms with Gasteiger partial charge in [-0.15, -0.1) is 0 Å². The van der Waals surface area contributed by atoms with E-state index in [2.05, 4.69) is 25.9 Å². The number of rotatable bonds is 2. The van der Waals surface area contributed by atoms with Crippen molar-refractivity contribution in [3.63, 3.8) is 0 Å². The smallest absolute Gasteiger partial charge is 0.198 e. The van der Waals surface area contributed by atoms with E-state index in [1.54, 1.807) is 30.6 Å². The molecule has 1 N–H and O–H groups in total.